The van der Waals surface area contributed by atoms with Crippen molar-refractivity contribution in [2.45, 2.75) is 70.8 Å². The van der Waals surface area contributed by atoms with Crippen molar-refractivity contribution in [2.24, 2.45) is 5.84 Å². The van der Waals surface area contributed by atoms with Gasteiger partial charge in [0.15, 0.2) is 0 Å². The number of pyridine rings is 1. The van der Waals surface area contributed by atoms with Gasteiger partial charge in [-0.05, 0) is 40.4 Å². The number of halogens is 1. The van der Waals surface area contributed by atoms with Crippen molar-refractivity contribution in [3.63, 3.8) is 0 Å². The standard InChI is InChI=1S/C16H28BrN3/c1-2-3-4-5-6-7-8-9-16(20-18)11-14-10-15(17)13-19-12-14/h10,12-13,16,20H,2-9,11,18H2,1H3. The van der Waals surface area contributed by atoms with E-state index in [0.717, 1.165) is 17.3 Å². The van der Waals surface area contributed by atoms with Gasteiger partial charge < -0.3 is 0 Å². The van der Waals surface area contributed by atoms with Crippen LogP contribution in [0.15, 0.2) is 22.9 Å². The van der Waals surface area contributed by atoms with Crippen molar-refractivity contribution in [2.75, 3.05) is 0 Å². The molecular formula is C16H28BrN3. The summed E-state index contributed by atoms with van der Waals surface area (Å²) in [6.07, 6.45) is 15.2. The summed E-state index contributed by atoms with van der Waals surface area (Å²) in [7, 11) is 0. The number of hydrogen-bond acceptors (Lipinski definition) is 3. The van der Waals surface area contributed by atoms with Crippen molar-refractivity contribution in [1.82, 2.24) is 10.4 Å². The van der Waals surface area contributed by atoms with Gasteiger partial charge in [-0.15, -0.1) is 0 Å². The van der Waals surface area contributed by atoms with Crippen molar-refractivity contribution >= 4 is 15.9 Å². The van der Waals surface area contributed by atoms with Gasteiger partial charge in [0.2, 0.25) is 0 Å². The molecule has 0 spiro atoms. The Bertz CT molecular complexity index is 357. The summed E-state index contributed by atoms with van der Waals surface area (Å²) < 4.78 is 1.03. The fourth-order valence-electron chi connectivity index (χ4n) is 2.44. The maximum Gasteiger partial charge on any atom is 0.0410 e. The molecule has 1 heterocycles. The zero-order valence-electron chi connectivity index (χ0n) is 12.6. The largest absolute Gasteiger partial charge is 0.271 e. The van der Waals surface area contributed by atoms with Crippen molar-refractivity contribution in [3.8, 4) is 0 Å². The molecule has 20 heavy (non-hydrogen) atoms. The molecule has 0 fully saturated rings. The zero-order valence-corrected chi connectivity index (χ0v) is 14.2. The molecule has 1 aromatic rings. The molecule has 0 aromatic carbocycles. The Labute approximate surface area is 131 Å². The quantitative estimate of drug-likeness (QED) is 0.357. The Kier molecular flexibility index (Phi) is 9.89. The Hall–Kier alpha value is -0.450. The fraction of sp³-hybridized carbons (Fsp3) is 0.688. The summed E-state index contributed by atoms with van der Waals surface area (Å²) in [6.45, 7) is 2.26. The van der Waals surface area contributed by atoms with E-state index in [1.165, 1.54) is 50.5 Å². The van der Waals surface area contributed by atoms with Gasteiger partial charge in [0, 0.05) is 22.9 Å². The van der Waals surface area contributed by atoms with E-state index in [1.54, 1.807) is 0 Å². The molecule has 0 amide bonds. The number of nitrogens with zero attached hydrogens (tertiary/aromatic N) is 1. The molecule has 3 N–H and O–H groups in total. The van der Waals surface area contributed by atoms with E-state index in [2.05, 4.69) is 39.3 Å². The predicted molar refractivity (Wildman–Crippen MR) is 89.4 cm³/mol. The van der Waals surface area contributed by atoms with Crippen molar-refractivity contribution in [1.29, 1.82) is 0 Å². The van der Waals surface area contributed by atoms with Crippen LogP contribution >= 0.6 is 15.9 Å². The molecule has 0 saturated heterocycles. The van der Waals surface area contributed by atoms with Gasteiger partial charge in [-0.25, -0.2) is 0 Å². The second-order valence-electron chi connectivity index (χ2n) is 5.49. The molecule has 0 aliphatic rings. The molecule has 0 aliphatic heterocycles. The first kappa shape index (κ1) is 17.6. The van der Waals surface area contributed by atoms with Gasteiger partial charge >= 0.3 is 0 Å². The lowest BCUT2D eigenvalue weighted by atomic mass is 10.0. The third kappa shape index (κ3) is 7.98. The number of nitrogens with two attached hydrogens (primary N) is 1. The van der Waals surface area contributed by atoms with Gasteiger partial charge in [0.25, 0.3) is 0 Å². The summed E-state index contributed by atoms with van der Waals surface area (Å²) in [5.74, 6) is 5.66. The molecule has 3 nitrogen and oxygen atoms in total. The van der Waals surface area contributed by atoms with Crippen molar-refractivity contribution in [3.05, 3.63) is 28.5 Å². The summed E-state index contributed by atoms with van der Waals surface area (Å²) in [5.41, 5.74) is 4.17. The minimum atomic E-state index is 0.349. The second kappa shape index (κ2) is 11.2. The highest BCUT2D eigenvalue weighted by Gasteiger charge is 2.08. The van der Waals surface area contributed by atoms with Gasteiger partial charge in [-0.2, -0.15) is 0 Å². The molecule has 1 unspecified atom stereocenters. The van der Waals surface area contributed by atoms with E-state index in [4.69, 9.17) is 5.84 Å². The molecule has 114 valence electrons. The minimum Gasteiger partial charge on any atom is -0.271 e. The second-order valence-corrected chi connectivity index (χ2v) is 6.40. The maximum atomic E-state index is 5.66. The summed E-state index contributed by atoms with van der Waals surface area (Å²) in [5, 5.41) is 0. The smallest absolute Gasteiger partial charge is 0.0410 e. The van der Waals surface area contributed by atoms with Crippen LogP contribution in [0.1, 0.15) is 63.9 Å². The molecule has 0 radical (unpaired) electrons. The van der Waals surface area contributed by atoms with E-state index in [0.29, 0.717) is 6.04 Å². The van der Waals surface area contributed by atoms with Crippen LogP contribution < -0.4 is 11.3 Å². The van der Waals surface area contributed by atoms with E-state index in [-0.39, 0.29) is 0 Å². The molecule has 4 heteroatoms. The number of unbranched alkanes of at least 4 members (excludes halogenated alkanes) is 6. The van der Waals surface area contributed by atoms with Crippen LogP contribution in [0, 0.1) is 0 Å². The van der Waals surface area contributed by atoms with Gasteiger partial charge in [0.05, 0.1) is 0 Å². The molecule has 1 atom stereocenters. The predicted octanol–water partition coefficient (Wildman–Crippen LogP) is 4.36. The van der Waals surface area contributed by atoms with Crippen LogP contribution in [0.2, 0.25) is 0 Å². The highest BCUT2D eigenvalue weighted by molar-refractivity contribution is 9.10. The normalized spacial score (nSPS) is 12.6. The summed E-state index contributed by atoms with van der Waals surface area (Å²) in [4.78, 5) is 4.19. The monoisotopic (exact) mass is 341 g/mol. The molecule has 1 rings (SSSR count). The Balaban J connectivity index is 2.16. The molecule has 1 aromatic heterocycles. The summed E-state index contributed by atoms with van der Waals surface area (Å²) in [6, 6.07) is 2.46. The van der Waals surface area contributed by atoms with Crippen LogP contribution in [0.5, 0.6) is 0 Å². The highest BCUT2D eigenvalue weighted by atomic mass is 79.9. The first-order valence-electron chi connectivity index (χ1n) is 7.81. The fourth-order valence-corrected chi connectivity index (χ4v) is 2.86. The number of nitrogens with one attached hydrogen (secondary N) is 1. The van der Waals surface area contributed by atoms with Crippen LogP contribution in [-0.4, -0.2) is 11.0 Å². The van der Waals surface area contributed by atoms with Crippen LogP contribution in [0.3, 0.4) is 0 Å². The first-order chi connectivity index (χ1) is 9.76. The average Bonchev–Trinajstić information content (AvgIpc) is 2.45. The van der Waals surface area contributed by atoms with Gasteiger partial charge in [0.1, 0.15) is 0 Å². The SMILES string of the molecule is CCCCCCCCCC(Cc1cncc(Br)c1)NN. The lowest BCUT2D eigenvalue weighted by Crippen LogP contribution is -2.36. The zero-order chi connectivity index (χ0) is 14.6. The van der Waals surface area contributed by atoms with Crippen LogP contribution in [0.4, 0.5) is 0 Å². The van der Waals surface area contributed by atoms with Crippen LogP contribution in [0.25, 0.3) is 0 Å². The maximum absolute atomic E-state index is 5.66. The van der Waals surface area contributed by atoms with E-state index < -0.39 is 0 Å². The molecule has 0 aliphatic carbocycles. The van der Waals surface area contributed by atoms with Crippen molar-refractivity contribution < 1.29 is 0 Å². The minimum absolute atomic E-state index is 0.349. The summed E-state index contributed by atoms with van der Waals surface area (Å²) >= 11 is 3.45. The Morgan fingerprint density at radius 2 is 1.85 bits per heavy atom. The number of aromatic nitrogens is 1. The van der Waals surface area contributed by atoms with Gasteiger partial charge in [-0.1, -0.05) is 51.9 Å². The third-order valence-corrected chi connectivity index (χ3v) is 4.07. The number of hydrazine groups is 1. The lowest BCUT2D eigenvalue weighted by Gasteiger charge is -2.15. The lowest BCUT2D eigenvalue weighted by molar-refractivity contribution is 0.458. The number of rotatable bonds is 11. The third-order valence-electron chi connectivity index (χ3n) is 3.64. The number of hydrogen-bond donors (Lipinski definition) is 2. The molecule has 0 bridgehead atoms. The van der Waals surface area contributed by atoms with E-state index in [1.807, 2.05) is 12.4 Å². The molecular weight excluding hydrogens is 314 g/mol. The van der Waals surface area contributed by atoms with Gasteiger partial charge in [-0.3, -0.25) is 16.3 Å². The highest BCUT2D eigenvalue weighted by Crippen LogP contribution is 2.14. The Morgan fingerprint density at radius 1 is 1.15 bits per heavy atom. The average molecular weight is 342 g/mol. The first-order valence-corrected chi connectivity index (χ1v) is 8.61. The molecule has 0 saturated carbocycles. The van der Waals surface area contributed by atoms with Crippen LogP contribution in [-0.2, 0) is 6.42 Å². The topological polar surface area (TPSA) is 50.9 Å². The van der Waals surface area contributed by atoms with E-state index >= 15 is 0 Å². The van der Waals surface area contributed by atoms with E-state index in [9.17, 15) is 0 Å². The Morgan fingerprint density at radius 3 is 2.50 bits per heavy atom.